The zero-order chi connectivity index (χ0) is 23.0. The van der Waals surface area contributed by atoms with Crippen molar-refractivity contribution in [3.05, 3.63) is 140 Å². The van der Waals surface area contributed by atoms with Gasteiger partial charge in [0.2, 0.25) is 0 Å². The number of hydrogen-bond acceptors (Lipinski definition) is 1. The van der Waals surface area contributed by atoms with E-state index in [2.05, 4.69) is 66.7 Å². The first kappa shape index (κ1) is 20.7. The minimum absolute atomic E-state index is 0.846. The van der Waals surface area contributed by atoms with Gasteiger partial charge < -0.3 is 4.57 Å². The Balaban J connectivity index is 1.64. The second-order valence-electron chi connectivity index (χ2n) is 8.52. The van der Waals surface area contributed by atoms with Crippen molar-refractivity contribution < 1.29 is 4.57 Å². The van der Waals surface area contributed by atoms with Gasteiger partial charge in [-0.15, -0.1) is 0 Å². The molecule has 162 valence electrons. The van der Waals surface area contributed by atoms with E-state index in [0.29, 0.717) is 0 Å². The van der Waals surface area contributed by atoms with Crippen LogP contribution in [0.5, 0.6) is 0 Å². The van der Waals surface area contributed by atoms with Gasteiger partial charge in [0.25, 0.3) is 0 Å². The second-order valence-corrected chi connectivity index (χ2v) is 11.3. The molecule has 2 heteroatoms. The predicted molar refractivity (Wildman–Crippen MR) is 146 cm³/mol. The van der Waals surface area contributed by atoms with Gasteiger partial charge in [-0.1, -0.05) is 133 Å². The molecule has 0 heterocycles. The Morgan fingerprint density at radius 1 is 0.412 bits per heavy atom. The highest BCUT2D eigenvalue weighted by Gasteiger charge is 2.32. The number of rotatable bonds is 4. The molecule has 0 amide bonds. The summed E-state index contributed by atoms with van der Waals surface area (Å²) in [4.78, 5) is 0. The van der Waals surface area contributed by atoms with Crippen molar-refractivity contribution in [1.82, 2.24) is 0 Å². The first-order valence-electron chi connectivity index (χ1n) is 11.5. The zero-order valence-corrected chi connectivity index (χ0v) is 19.5. The highest BCUT2D eigenvalue weighted by molar-refractivity contribution is 7.85. The van der Waals surface area contributed by atoms with Crippen molar-refractivity contribution in [2.45, 2.75) is 0 Å². The number of fused-ring (bicyclic) bond motifs is 3. The maximum Gasteiger partial charge on any atom is 0.171 e. The van der Waals surface area contributed by atoms with Crippen LogP contribution in [-0.2, 0) is 4.57 Å². The normalized spacial score (nSPS) is 13.1. The summed E-state index contributed by atoms with van der Waals surface area (Å²) in [6.45, 7) is 0. The first-order chi connectivity index (χ1) is 16.7. The molecule has 0 saturated heterocycles. The Kier molecular flexibility index (Phi) is 5.13. The molecule has 6 aromatic carbocycles. The molecular formula is C32H23OP. The molecule has 6 rings (SSSR count). The molecule has 1 unspecified atom stereocenters. The standard InChI is InChI=1S/C32H23OP/c33-34(27-14-5-2-6-15-27,28-21-19-25(20-22-28)24-11-3-1-4-12-24)32-23-26-13-7-8-16-29(26)30-17-9-10-18-31(30)32/h1-23H. The van der Waals surface area contributed by atoms with Crippen molar-refractivity contribution >= 4 is 44.6 Å². The van der Waals surface area contributed by atoms with Gasteiger partial charge >= 0.3 is 0 Å². The maximum absolute atomic E-state index is 15.3. The molecule has 0 N–H and O–H groups in total. The van der Waals surface area contributed by atoms with Crippen molar-refractivity contribution in [3.63, 3.8) is 0 Å². The van der Waals surface area contributed by atoms with Gasteiger partial charge in [0, 0.05) is 15.9 Å². The van der Waals surface area contributed by atoms with Crippen LogP contribution in [0.25, 0.3) is 32.7 Å². The smallest absolute Gasteiger partial charge is 0.171 e. The van der Waals surface area contributed by atoms with Crippen molar-refractivity contribution in [3.8, 4) is 11.1 Å². The Bertz CT molecular complexity index is 1650. The summed E-state index contributed by atoms with van der Waals surface area (Å²) in [7, 11) is -3.14. The fraction of sp³-hybridized carbons (Fsp3) is 0. The SMILES string of the molecule is O=P(c1ccccc1)(c1ccc(-c2ccccc2)cc1)c1cc2ccccc2c2ccccc12. The van der Waals surface area contributed by atoms with Crippen LogP contribution in [0.15, 0.2) is 140 Å². The molecule has 0 spiro atoms. The molecular weight excluding hydrogens is 431 g/mol. The lowest BCUT2D eigenvalue weighted by atomic mass is 10.0. The highest BCUT2D eigenvalue weighted by atomic mass is 31.2. The quantitative estimate of drug-likeness (QED) is 0.202. The molecule has 0 bridgehead atoms. The van der Waals surface area contributed by atoms with E-state index < -0.39 is 7.14 Å². The molecule has 34 heavy (non-hydrogen) atoms. The van der Waals surface area contributed by atoms with E-state index >= 15 is 4.57 Å². The topological polar surface area (TPSA) is 17.1 Å². The minimum Gasteiger partial charge on any atom is -0.309 e. The third-order valence-corrected chi connectivity index (χ3v) is 9.64. The summed E-state index contributed by atoms with van der Waals surface area (Å²) in [6, 6.07) is 47.3. The summed E-state index contributed by atoms with van der Waals surface area (Å²) in [5, 5.41) is 7.05. The highest BCUT2D eigenvalue weighted by Crippen LogP contribution is 2.46. The van der Waals surface area contributed by atoms with E-state index in [9.17, 15) is 0 Å². The van der Waals surface area contributed by atoms with Gasteiger partial charge in [0.05, 0.1) is 0 Å². The Labute approximate surface area is 199 Å². The molecule has 1 atom stereocenters. The Hall–Kier alpha value is -3.93. The van der Waals surface area contributed by atoms with Crippen LogP contribution in [0.3, 0.4) is 0 Å². The fourth-order valence-corrected chi connectivity index (χ4v) is 7.73. The molecule has 0 aliphatic heterocycles. The molecule has 6 aromatic rings. The lowest BCUT2D eigenvalue weighted by Gasteiger charge is -2.23. The van der Waals surface area contributed by atoms with Crippen LogP contribution in [-0.4, -0.2) is 0 Å². The van der Waals surface area contributed by atoms with Crippen LogP contribution in [0, 0.1) is 0 Å². The average Bonchev–Trinajstić information content (AvgIpc) is 2.93. The van der Waals surface area contributed by atoms with Crippen LogP contribution in [0.2, 0.25) is 0 Å². The maximum atomic E-state index is 15.3. The van der Waals surface area contributed by atoms with Crippen molar-refractivity contribution in [2.75, 3.05) is 0 Å². The van der Waals surface area contributed by atoms with Gasteiger partial charge in [-0.25, -0.2) is 0 Å². The van der Waals surface area contributed by atoms with Crippen LogP contribution in [0.1, 0.15) is 0 Å². The predicted octanol–water partition coefficient (Wildman–Crippen LogP) is 7.30. The monoisotopic (exact) mass is 454 g/mol. The summed E-state index contributed by atoms with van der Waals surface area (Å²) in [5.74, 6) is 0. The molecule has 0 aliphatic carbocycles. The van der Waals surface area contributed by atoms with Crippen molar-refractivity contribution in [1.29, 1.82) is 0 Å². The third kappa shape index (κ3) is 3.37. The zero-order valence-electron chi connectivity index (χ0n) is 18.6. The van der Waals surface area contributed by atoms with Gasteiger partial charge in [-0.3, -0.25) is 0 Å². The van der Waals surface area contributed by atoms with E-state index in [1.165, 1.54) is 5.39 Å². The summed E-state index contributed by atoms with van der Waals surface area (Å²) < 4.78 is 15.3. The summed E-state index contributed by atoms with van der Waals surface area (Å²) in [6.07, 6.45) is 0. The van der Waals surface area contributed by atoms with E-state index in [1.54, 1.807) is 0 Å². The molecule has 0 radical (unpaired) electrons. The summed E-state index contributed by atoms with van der Waals surface area (Å²) >= 11 is 0. The lowest BCUT2D eigenvalue weighted by molar-refractivity contribution is 0.592. The Morgan fingerprint density at radius 3 is 1.62 bits per heavy atom. The Morgan fingerprint density at radius 2 is 0.912 bits per heavy atom. The van der Waals surface area contributed by atoms with Gasteiger partial charge in [-0.2, -0.15) is 0 Å². The van der Waals surface area contributed by atoms with E-state index in [4.69, 9.17) is 0 Å². The van der Waals surface area contributed by atoms with Crippen molar-refractivity contribution in [2.24, 2.45) is 0 Å². The minimum atomic E-state index is -3.14. The molecule has 0 aliphatic rings. The van der Waals surface area contributed by atoms with Gasteiger partial charge in [-0.05, 0) is 38.7 Å². The van der Waals surface area contributed by atoms with Crippen LogP contribution in [0.4, 0.5) is 0 Å². The van der Waals surface area contributed by atoms with Crippen LogP contribution >= 0.6 is 7.14 Å². The molecule has 0 fully saturated rings. The number of hydrogen-bond donors (Lipinski definition) is 0. The largest absolute Gasteiger partial charge is 0.309 e. The molecule has 1 nitrogen and oxygen atoms in total. The molecule has 0 aromatic heterocycles. The number of benzene rings is 6. The van der Waals surface area contributed by atoms with Gasteiger partial charge in [0.15, 0.2) is 7.14 Å². The lowest BCUT2D eigenvalue weighted by Crippen LogP contribution is -2.25. The second kappa shape index (κ2) is 8.45. The van der Waals surface area contributed by atoms with Gasteiger partial charge in [0.1, 0.15) is 0 Å². The van der Waals surface area contributed by atoms with E-state index in [1.807, 2.05) is 72.8 Å². The summed E-state index contributed by atoms with van der Waals surface area (Å²) in [5.41, 5.74) is 2.27. The average molecular weight is 455 g/mol. The van der Waals surface area contributed by atoms with E-state index in [0.717, 1.165) is 43.2 Å². The first-order valence-corrected chi connectivity index (χ1v) is 13.2. The van der Waals surface area contributed by atoms with E-state index in [-0.39, 0.29) is 0 Å². The third-order valence-electron chi connectivity index (χ3n) is 6.54. The molecule has 0 saturated carbocycles. The van der Waals surface area contributed by atoms with Crippen LogP contribution < -0.4 is 15.9 Å². The fourth-order valence-electron chi connectivity index (χ4n) is 4.85.